The molecule has 0 N–H and O–H groups in total. The second-order valence-corrected chi connectivity index (χ2v) is 11.7. The van der Waals surface area contributed by atoms with Gasteiger partial charge < -0.3 is 9.32 Å². The van der Waals surface area contributed by atoms with Crippen LogP contribution in [0.3, 0.4) is 0 Å². The summed E-state index contributed by atoms with van der Waals surface area (Å²) in [4.78, 5) is 2.30. The number of anilines is 3. The van der Waals surface area contributed by atoms with Crippen LogP contribution in [0.2, 0.25) is 0 Å². The van der Waals surface area contributed by atoms with Gasteiger partial charge in [-0.1, -0.05) is 140 Å². The highest BCUT2D eigenvalue weighted by atomic mass is 16.3. The van der Waals surface area contributed by atoms with Crippen LogP contribution in [0, 0.1) is 0 Å². The molecule has 216 valence electrons. The first-order valence-corrected chi connectivity index (χ1v) is 15.7. The molecule has 46 heavy (non-hydrogen) atoms. The summed E-state index contributed by atoms with van der Waals surface area (Å²) in [6.45, 7) is 0. The van der Waals surface area contributed by atoms with E-state index >= 15 is 0 Å². The molecule has 0 aliphatic heterocycles. The zero-order valence-electron chi connectivity index (χ0n) is 25.1. The van der Waals surface area contributed by atoms with Gasteiger partial charge in [-0.15, -0.1) is 0 Å². The number of hydrogen-bond acceptors (Lipinski definition) is 2. The van der Waals surface area contributed by atoms with Crippen molar-refractivity contribution in [1.29, 1.82) is 0 Å². The molecule has 0 saturated carbocycles. The summed E-state index contributed by atoms with van der Waals surface area (Å²) in [5.41, 5.74) is 9.68. The summed E-state index contributed by atoms with van der Waals surface area (Å²) in [5.74, 6) is 0. The lowest BCUT2D eigenvalue weighted by molar-refractivity contribution is 0.669. The fraction of sp³-hybridized carbons (Fsp3) is 0. The van der Waals surface area contributed by atoms with Crippen molar-refractivity contribution in [2.75, 3.05) is 4.90 Å². The van der Waals surface area contributed by atoms with E-state index in [0.717, 1.165) is 39.0 Å². The maximum Gasteiger partial charge on any atom is 0.159 e. The van der Waals surface area contributed by atoms with E-state index in [1.807, 2.05) is 0 Å². The maximum atomic E-state index is 6.94. The first kappa shape index (κ1) is 26.3. The largest absolute Gasteiger partial charge is 0.454 e. The number of rotatable bonds is 5. The zero-order chi connectivity index (χ0) is 30.5. The van der Waals surface area contributed by atoms with Crippen LogP contribution in [0.15, 0.2) is 180 Å². The van der Waals surface area contributed by atoms with Crippen LogP contribution in [0.4, 0.5) is 17.1 Å². The molecule has 0 bridgehead atoms. The monoisotopic (exact) mass is 587 g/mol. The minimum Gasteiger partial charge on any atom is -0.454 e. The molecule has 1 aromatic heterocycles. The molecule has 0 unspecified atom stereocenters. The molecular formula is C44H29NO. The van der Waals surface area contributed by atoms with E-state index in [9.17, 15) is 0 Å². The lowest BCUT2D eigenvalue weighted by Gasteiger charge is -2.25. The van der Waals surface area contributed by atoms with Crippen LogP contribution >= 0.6 is 0 Å². The first-order valence-electron chi connectivity index (χ1n) is 15.7. The molecule has 0 spiro atoms. The molecule has 9 rings (SSSR count). The van der Waals surface area contributed by atoms with E-state index in [2.05, 4.69) is 181 Å². The molecule has 0 amide bonds. The molecule has 9 aromatic rings. The summed E-state index contributed by atoms with van der Waals surface area (Å²) in [5, 5.41) is 7.13. The molecule has 8 aromatic carbocycles. The Bertz CT molecular complexity index is 2510. The van der Waals surface area contributed by atoms with Crippen molar-refractivity contribution < 1.29 is 4.42 Å². The summed E-state index contributed by atoms with van der Waals surface area (Å²) in [6.07, 6.45) is 0. The van der Waals surface area contributed by atoms with E-state index < -0.39 is 0 Å². The summed E-state index contributed by atoms with van der Waals surface area (Å²) in [6, 6.07) is 62.5. The maximum absolute atomic E-state index is 6.94. The molecule has 0 fully saturated rings. The molecule has 1 heterocycles. The summed E-state index contributed by atoms with van der Waals surface area (Å²) < 4.78 is 6.94. The van der Waals surface area contributed by atoms with Crippen LogP contribution in [0.1, 0.15) is 0 Å². The Labute approximate surface area is 267 Å². The standard InChI is InChI=1S/C44H29NO/c1-3-13-30(14-4-1)31-25-27-34(28-26-31)45(33-17-5-2-6-18-33)41-24-12-23-39-43-38-21-10-9-20-37(38)40(29-42(43)46-44(39)41)36-22-11-16-32-15-7-8-19-35(32)36/h1-29H. The summed E-state index contributed by atoms with van der Waals surface area (Å²) in [7, 11) is 0. The molecule has 0 saturated heterocycles. The van der Waals surface area contributed by atoms with E-state index in [1.165, 1.54) is 43.8 Å². The molecular weight excluding hydrogens is 558 g/mol. The van der Waals surface area contributed by atoms with Crippen LogP contribution in [0.5, 0.6) is 0 Å². The predicted molar refractivity (Wildman–Crippen MR) is 194 cm³/mol. The van der Waals surface area contributed by atoms with Crippen molar-refractivity contribution in [3.05, 3.63) is 176 Å². The zero-order valence-corrected chi connectivity index (χ0v) is 25.1. The fourth-order valence-corrected chi connectivity index (χ4v) is 6.94. The van der Waals surface area contributed by atoms with Gasteiger partial charge in [0.1, 0.15) is 5.58 Å². The van der Waals surface area contributed by atoms with Gasteiger partial charge in [0.25, 0.3) is 0 Å². The third-order valence-electron chi connectivity index (χ3n) is 9.05. The van der Waals surface area contributed by atoms with Crippen molar-refractivity contribution in [3.8, 4) is 22.3 Å². The van der Waals surface area contributed by atoms with Gasteiger partial charge in [-0.25, -0.2) is 0 Å². The van der Waals surface area contributed by atoms with Gasteiger partial charge >= 0.3 is 0 Å². The molecule has 0 aliphatic rings. The number of nitrogens with zero attached hydrogens (tertiary/aromatic N) is 1. The average Bonchev–Trinajstić information content (AvgIpc) is 3.52. The molecule has 0 atom stereocenters. The van der Waals surface area contributed by atoms with Gasteiger partial charge in [-0.05, 0) is 80.2 Å². The Morgan fingerprint density at radius 2 is 0.978 bits per heavy atom. The highest BCUT2D eigenvalue weighted by Gasteiger charge is 2.21. The molecule has 2 nitrogen and oxygen atoms in total. The van der Waals surface area contributed by atoms with Crippen molar-refractivity contribution in [1.82, 2.24) is 0 Å². The van der Waals surface area contributed by atoms with Gasteiger partial charge in [-0.3, -0.25) is 0 Å². The Balaban J connectivity index is 1.29. The van der Waals surface area contributed by atoms with Crippen LogP contribution in [-0.2, 0) is 0 Å². The van der Waals surface area contributed by atoms with Gasteiger partial charge in [-0.2, -0.15) is 0 Å². The normalized spacial score (nSPS) is 11.5. The van der Waals surface area contributed by atoms with Crippen molar-refractivity contribution >= 4 is 60.5 Å². The second kappa shape index (κ2) is 10.8. The highest BCUT2D eigenvalue weighted by Crippen LogP contribution is 2.46. The van der Waals surface area contributed by atoms with Crippen molar-refractivity contribution in [2.24, 2.45) is 0 Å². The van der Waals surface area contributed by atoms with Crippen molar-refractivity contribution in [3.63, 3.8) is 0 Å². The van der Waals surface area contributed by atoms with E-state index in [0.29, 0.717) is 0 Å². The fourth-order valence-electron chi connectivity index (χ4n) is 6.94. The van der Waals surface area contributed by atoms with Gasteiger partial charge in [0.2, 0.25) is 0 Å². The third kappa shape index (κ3) is 4.27. The Hall–Kier alpha value is -6.12. The average molecular weight is 588 g/mol. The van der Waals surface area contributed by atoms with Gasteiger partial charge in [0, 0.05) is 22.1 Å². The lowest BCUT2D eigenvalue weighted by atomic mass is 9.92. The lowest BCUT2D eigenvalue weighted by Crippen LogP contribution is -2.10. The summed E-state index contributed by atoms with van der Waals surface area (Å²) >= 11 is 0. The van der Waals surface area contributed by atoms with E-state index in [4.69, 9.17) is 4.42 Å². The molecule has 2 heteroatoms. The second-order valence-electron chi connectivity index (χ2n) is 11.7. The minimum absolute atomic E-state index is 0.869. The smallest absolute Gasteiger partial charge is 0.159 e. The topological polar surface area (TPSA) is 16.4 Å². The van der Waals surface area contributed by atoms with Crippen LogP contribution in [0.25, 0.3) is 65.7 Å². The van der Waals surface area contributed by atoms with E-state index in [1.54, 1.807) is 0 Å². The van der Waals surface area contributed by atoms with Crippen LogP contribution in [-0.4, -0.2) is 0 Å². The van der Waals surface area contributed by atoms with Crippen molar-refractivity contribution in [2.45, 2.75) is 0 Å². The third-order valence-corrected chi connectivity index (χ3v) is 9.05. The minimum atomic E-state index is 0.869. The predicted octanol–water partition coefficient (Wildman–Crippen LogP) is 12.7. The number of fused-ring (bicyclic) bond motifs is 6. The first-order chi connectivity index (χ1) is 22.8. The number of benzene rings is 8. The molecule has 0 aliphatic carbocycles. The number of para-hydroxylation sites is 2. The Morgan fingerprint density at radius 1 is 0.391 bits per heavy atom. The quantitative estimate of drug-likeness (QED) is 0.199. The van der Waals surface area contributed by atoms with Gasteiger partial charge in [0.15, 0.2) is 5.58 Å². The SMILES string of the molecule is c1ccc(-c2ccc(N(c3ccccc3)c3cccc4c3oc3cc(-c5cccc6ccccc56)c5ccccc5c34)cc2)cc1. The highest BCUT2D eigenvalue weighted by molar-refractivity contribution is 6.24. The van der Waals surface area contributed by atoms with Crippen LogP contribution < -0.4 is 4.90 Å². The van der Waals surface area contributed by atoms with E-state index in [-0.39, 0.29) is 0 Å². The Kier molecular flexibility index (Phi) is 6.17. The number of hydrogen-bond donors (Lipinski definition) is 0. The number of furan rings is 1. The Morgan fingerprint density at radius 3 is 1.78 bits per heavy atom. The molecule has 0 radical (unpaired) electrons. The van der Waals surface area contributed by atoms with Gasteiger partial charge in [0.05, 0.1) is 5.69 Å².